The highest BCUT2D eigenvalue weighted by molar-refractivity contribution is 7.90. The van der Waals surface area contributed by atoms with Gasteiger partial charge in [-0.2, -0.15) is 0 Å². The van der Waals surface area contributed by atoms with Crippen LogP contribution in [0.2, 0.25) is 0 Å². The van der Waals surface area contributed by atoms with Gasteiger partial charge >= 0.3 is 0 Å². The fourth-order valence-electron chi connectivity index (χ4n) is 1.56. The molecule has 1 aromatic heterocycles. The molecule has 0 radical (unpaired) electrons. The average molecular weight is 271 g/mol. The lowest BCUT2D eigenvalue weighted by atomic mass is 10.2. The van der Waals surface area contributed by atoms with Gasteiger partial charge in [-0.25, -0.2) is 18.4 Å². The Morgan fingerprint density at radius 2 is 1.94 bits per heavy atom. The predicted molar refractivity (Wildman–Crippen MR) is 72.1 cm³/mol. The largest absolute Gasteiger partial charge is 0.307 e. The zero-order chi connectivity index (χ0) is 13.6. The average Bonchev–Trinajstić information content (AvgIpc) is 2.29. The van der Waals surface area contributed by atoms with Crippen molar-refractivity contribution in [2.24, 2.45) is 0 Å². The summed E-state index contributed by atoms with van der Waals surface area (Å²) in [4.78, 5) is 8.53. The van der Waals surface area contributed by atoms with Crippen LogP contribution in [0.3, 0.4) is 0 Å². The highest BCUT2D eigenvalue weighted by atomic mass is 32.2. The molecule has 0 aliphatic carbocycles. The number of hydrogen-bond donors (Lipinski definition) is 1. The highest BCUT2D eigenvalue weighted by Crippen LogP contribution is 2.13. The summed E-state index contributed by atoms with van der Waals surface area (Å²) in [6, 6.07) is -0.0970. The summed E-state index contributed by atoms with van der Waals surface area (Å²) in [6.07, 6.45) is 6.25. The monoisotopic (exact) mass is 271 g/mol. The van der Waals surface area contributed by atoms with E-state index in [1.54, 1.807) is 12.4 Å². The van der Waals surface area contributed by atoms with Gasteiger partial charge in [-0.1, -0.05) is 6.92 Å². The molecule has 0 aliphatic rings. The van der Waals surface area contributed by atoms with Crippen LogP contribution in [0.1, 0.15) is 37.2 Å². The quantitative estimate of drug-likeness (QED) is 0.808. The number of aryl methyl sites for hydroxylation is 1. The molecule has 0 saturated heterocycles. The van der Waals surface area contributed by atoms with E-state index in [-0.39, 0.29) is 11.8 Å². The molecule has 0 saturated carbocycles. The molecular formula is C12H21N3O2S. The zero-order valence-electron chi connectivity index (χ0n) is 11.2. The van der Waals surface area contributed by atoms with E-state index in [1.807, 2.05) is 6.92 Å². The number of rotatable bonds is 7. The van der Waals surface area contributed by atoms with Gasteiger partial charge in [0.25, 0.3) is 0 Å². The van der Waals surface area contributed by atoms with E-state index < -0.39 is 9.84 Å². The molecule has 1 aromatic rings. The summed E-state index contributed by atoms with van der Waals surface area (Å²) < 4.78 is 22.5. The molecule has 102 valence electrons. The van der Waals surface area contributed by atoms with Crippen LogP contribution >= 0.6 is 0 Å². The van der Waals surface area contributed by atoms with Crippen LogP contribution in [0, 0.1) is 6.92 Å². The molecule has 1 N–H and O–H groups in total. The third-order valence-corrected chi connectivity index (χ3v) is 3.51. The minimum Gasteiger partial charge on any atom is -0.307 e. The molecule has 0 fully saturated rings. The molecule has 0 bridgehead atoms. The van der Waals surface area contributed by atoms with E-state index in [1.165, 1.54) is 6.26 Å². The normalized spacial score (nSPS) is 13.5. The Morgan fingerprint density at radius 1 is 1.33 bits per heavy atom. The number of sulfone groups is 1. The maximum Gasteiger partial charge on any atom is 0.147 e. The SMILES string of the molecule is CCCNC(CCS(C)(=O)=O)c1ncc(C)cn1. The second kappa shape index (κ2) is 6.80. The van der Waals surface area contributed by atoms with Crippen molar-refractivity contribution in [1.29, 1.82) is 0 Å². The van der Waals surface area contributed by atoms with Gasteiger partial charge in [0.05, 0.1) is 11.8 Å². The van der Waals surface area contributed by atoms with Crippen molar-refractivity contribution >= 4 is 9.84 Å². The topological polar surface area (TPSA) is 72.0 Å². The Labute approximate surface area is 109 Å². The zero-order valence-corrected chi connectivity index (χ0v) is 12.0. The van der Waals surface area contributed by atoms with Crippen molar-refractivity contribution in [1.82, 2.24) is 15.3 Å². The first-order chi connectivity index (χ1) is 8.42. The predicted octanol–water partition coefficient (Wildman–Crippen LogP) is 1.26. The van der Waals surface area contributed by atoms with Crippen molar-refractivity contribution in [2.45, 2.75) is 32.7 Å². The van der Waals surface area contributed by atoms with Gasteiger partial charge < -0.3 is 5.32 Å². The third-order valence-electron chi connectivity index (χ3n) is 2.53. The maximum atomic E-state index is 11.2. The summed E-state index contributed by atoms with van der Waals surface area (Å²) in [5.74, 6) is 0.809. The molecular weight excluding hydrogens is 250 g/mol. The van der Waals surface area contributed by atoms with E-state index in [0.29, 0.717) is 12.2 Å². The van der Waals surface area contributed by atoms with Crippen LogP contribution in [0.25, 0.3) is 0 Å². The fourth-order valence-corrected chi connectivity index (χ4v) is 2.22. The van der Waals surface area contributed by atoms with Crippen LogP contribution in [-0.4, -0.2) is 36.9 Å². The second-order valence-electron chi connectivity index (χ2n) is 4.54. The van der Waals surface area contributed by atoms with Gasteiger partial charge in [-0.05, 0) is 31.9 Å². The van der Waals surface area contributed by atoms with Crippen molar-refractivity contribution in [3.05, 3.63) is 23.8 Å². The summed E-state index contributed by atoms with van der Waals surface area (Å²) in [6.45, 7) is 4.82. The molecule has 0 aromatic carbocycles. The van der Waals surface area contributed by atoms with E-state index in [0.717, 1.165) is 18.5 Å². The van der Waals surface area contributed by atoms with E-state index in [4.69, 9.17) is 0 Å². The maximum absolute atomic E-state index is 11.2. The Bertz CT molecular complexity index is 457. The first-order valence-corrected chi connectivity index (χ1v) is 8.18. The van der Waals surface area contributed by atoms with Crippen molar-refractivity contribution in [3.8, 4) is 0 Å². The minimum atomic E-state index is -2.96. The second-order valence-corrected chi connectivity index (χ2v) is 6.80. The molecule has 1 atom stereocenters. The van der Waals surface area contributed by atoms with E-state index in [9.17, 15) is 8.42 Å². The minimum absolute atomic E-state index is 0.0970. The van der Waals surface area contributed by atoms with Gasteiger partial charge in [0, 0.05) is 18.6 Å². The van der Waals surface area contributed by atoms with Gasteiger partial charge in [0.1, 0.15) is 15.7 Å². The standard InChI is InChI=1S/C12H21N3O2S/c1-4-6-13-11(5-7-18(3,16)17)12-14-8-10(2)9-15-12/h8-9,11,13H,4-7H2,1-3H3. The first kappa shape index (κ1) is 15.0. The number of hydrogen-bond acceptors (Lipinski definition) is 5. The Morgan fingerprint density at radius 3 is 2.44 bits per heavy atom. The van der Waals surface area contributed by atoms with Crippen LogP contribution < -0.4 is 5.32 Å². The van der Waals surface area contributed by atoms with E-state index in [2.05, 4.69) is 22.2 Å². The van der Waals surface area contributed by atoms with E-state index >= 15 is 0 Å². The summed E-state index contributed by atoms with van der Waals surface area (Å²) in [5, 5.41) is 3.29. The Hall–Kier alpha value is -1.01. The van der Waals surface area contributed by atoms with Gasteiger partial charge in [0.15, 0.2) is 0 Å². The molecule has 18 heavy (non-hydrogen) atoms. The molecule has 1 unspecified atom stereocenters. The molecule has 0 amide bonds. The lowest BCUT2D eigenvalue weighted by Gasteiger charge is -2.16. The molecule has 5 nitrogen and oxygen atoms in total. The van der Waals surface area contributed by atoms with Crippen molar-refractivity contribution in [2.75, 3.05) is 18.6 Å². The van der Waals surface area contributed by atoms with Crippen LogP contribution in [0.4, 0.5) is 0 Å². The summed E-state index contributed by atoms with van der Waals surface area (Å²) in [5.41, 5.74) is 0.996. The lowest BCUT2D eigenvalue weighted by molar-refractivity contribution is 0.491. The van der Waals surface area contributed by atoms with Crippen molar-refractivity contribution < 1.29 is 8.42 Å². The fraction of sp³-hybridized carbons (Fsp3) is 0.667. The van der Waals surface area contributed by atoms with Gasteiger partial charge in [-0.15, -0.1) is 0 Å². The van der Waals surface area contributed by atoms with Gasteiger partial charge in [0.2, 0.25) is 0 Å². The summed E-state index contributed by atoms with van der Waals surface area (Å²) >= 11 is 0. The van der Waals surface area contributed by atoms with Crippen LogP contribution in [-0.2, 0) is 9.84 Å². The van der Waals surface area contributed by atoms with Crippen LogP contribution in [0.5, 0.6) is 0 Å². The molecule has 1 heterocycles. The Balaban J connectivity index is 2.74. The first-order valence-electron chi connectivity index (χ1n) is 6.12. The molecule has 1 rings (SSSR count). The third kappa shape index (κ3) is 5.55. The van der Waals surface area contributed by atoms with Crippen molar-refractivity contribution in [3.63, 3.8) is 0 Å². The number of nitrogens with zero attached hydrogens (tertiary/aromatic N) is 2. The summed E-state index contributed by atoms with van der Waals surface area (Å²) in [7, 11) is -2.96. The highest BCUT2D eigenvalue weighted by Gasteiger charge is 2.16. The lowest BCUT2D eigenvalue weighted by Crippen LogP contribution is -2.26. The van der Waals surface area contributed by atoms with Crippen LogP contribution in [0.15, 0.2) is 12.4 Å². The van der Waals surface area contributed by atoms with Gasteiger partial charge in [-0.3, -0.25) is 0 Å². The Kier molecular flexibility index (Phi) is 5.68. The number of nitrogens with one attached hydrogen (secondary N) is 1. The smallest absolute Gasteiger partial charge is 0.147 e. The molecule has 0 spiro atoms. The molecule has 6 heteroatoms. The number of aromatic nitrogens is 2. The molecule has 0 aliphatic heterocycles.